The number of carbonyl (C=O) groups is 1. The second-order valence-electron chi connectivity index (χ2n) is 8.85. The van der Waals surface area contributed by atoms with Crippen LogP contribution in [0.1, 0.15) is 36.0 Å². The second kappa shape index (κ2) is 11.6. The summed E-state index contributed by atoms with van der Waals surface area (Å²) in [5.41, 5.74) is 7.74. The lowest BCUT2D eigenvalue weighted by atomic mass is 10.0. The average Bonchev–Trinajstić information content (AvgIpc) is 2.82. The highest BCUT2D eigenvalue weighted by molar-refractivity contribution is 7.89. The maximum Gasteiger partial charge on any atom is 0.243 e. The van der Waals surface area contributed by atoms with Crippen LogP contribution in [0.2, 0.25) is 5.02 Å². The molecule has 1 aliphatic heterocycles. The number of sulfonamides is 1. The summed E-state index contributed by atoms with van der Waals surface area (Å²) in [7, 11) is -0.696. The van der Waals surface area contributed by atoms with E-state index in [0.717, 1.165) is 24.2 Å². The summed E-state index contributed by atoms with van der Waals surface area (Å²) in [6, 6.07) is 5.25. The number of anilines is 1. The zero-order valence-corrected chi connectivity index (χ0v) is 22.2. The van der Waals surface area contributed by atoms with Crippen LogP contribution in [0.25, 0.3) is 0 Å². The Labute approximate surface area is 212 Å². The van der Waals surface area contributed by atoms with E-state index in [2.05, 4.69) is 15.2 Å². The number of ether oxygens (including phenoxy) is 1. The molecule has 1 aromatic carbocycles. The van der Waals surface area contributed by atoms with E-state index >= 15 is 0 Å². The zero-order valence-electron chi connectivity index (χ0n) is 20.7. The van der Waals surface area contributed by atoms with Crippen LogP contribution >= 0.6 is 11.6 Å². The second-order valence-corrected chi connectivity index (χ2v) is 11.2. The average molecular weight is 524 g/mol. The molecule has 3 N–H and O–H groups in total. The summed E-state index contributed by atoms with van der Waals surface area (Å²) in [5.74, 6) is 1.17. The normalized spacial score (nSPS) is 14.9. The lowest BCUT2D eigenvalue weighted by molar-refractivity contribution is -0.122. The number of benzene rings is 1. The quantitative estimate of drug-likeness (QED) is 0.518. The summed E-state index contributed by atoms with van der Waals surface area (Å²) < 4.78 is 32.7. The van der Waals surface area contributed by atoms with Crippen LogP contribution in [0, 0.1) is 13.8 Å². The largest absolute Gasteiger partial charge is 0.497 e. The molecule has 35 heavy (non-hydrogen) atoms. The number of aromatic nitrogens is 1. The summed E-state index contributed by atoms with van der Waals surface area (Å²) in [4.78, 5) is 19.4. The Morgan fingerprint density at radius 3 is 2.43 bits per heavy atom. The van der Waals surface area contributed by atoms with Crippen LogP contribution < -0.4 is 20.7 Å². The fourth-order valence-electron chi connectivity index (χ4n) is 4.32. The Morgan fingerprint density at radius 2 is 1.89 bits per heavy atom. The van der Waals surface area contributed by atoms with Crippen molar-refractivity contribution < 1.29 is 17.9 Å². The molecule has 1 fully saturated rings. The molecular formula is C24H34ClN5O4S. The van der Waals surface area contributed by atoms with Gasteiger partial charge in [-0.3, -0.25) is 4.79 Å². The summed E-state index contributed by atoms with van der Waals surface area (Å²) in [6.45, 7) is 5.38. The van der Waals surface area contributed by atoms with E-state index in [1.807, 2.05) is 6.07 Å². The van der Waals surface area contributed by atoms with Gasteiger partial charge in [-0.05, 0) is 61.6 Å². The first kappa shape index (κ1) is 27.2. The van der Waals surface area contributed by atoms with Crippen molar-refractivity contribution >= 4 is 33.3 Å². The summed E-state index contributed by atoms with van der Waals surface area (Å²) in [5, 5.41) is 3.61. The van der Waals surface area contributed by atoms with Crippen molar-refractivity contribution in [2.24, 2.45) is 5.73 Å². The molecule has 3 rings (SSSR count). The molecule has 2 heterocycles. The molecule has 1 aliphatic rings. The molecule has 0 saturated carbocycles. The third kappa shape index (κ3) is 6.43. The fourth-order valence-corrected chi connectivity index (χ4v) is 6.20. The standard InChI is InChI=1S/C24H34ClN5O4S/c1-16-11-20(34-4)12-17(2)23(16)35(32,33)29(3)8-7-22(31)28-19-5-9-30(10-6-19)24-21(25)13-18(14-26)15-27-24/h11-13,15,19H,5-10,14,26H2,1-4H3,(H,28,31). The number of halogens is 1. The minimum Gasteiger partial charge on any atom is -0.497 e. The number of nitrogens with two attached hydrogens (primary N) is 1. The number of nitrogens with one attached hydrogen (secondary N) is 1. The highest BCUT2D eigenvalue weighted by atomic mass is 35.5. The summed E-state index contributed by atoms with van der Waals surface area (Å²) in [6.07, 6.45) is 3.31. The maximum atomic E-state index is 13.1. The monoisotopic (exact) mass is 523 g/mol. The minimum absolute atomic E-state index is 0.0221. The molecule has 192 valence electrons. The van der Waals surface area contributed by atoms with Crippen molar-refractivity contribution in [1.29, 1.82) is 0 Å². The van der Waals surface area contributed by atoms with Gasteiger partial charge in [-0.1, -0.05) is 11.6 Å². The van der Waals surface area contributed by atoms with Gasteiger partial charge in [-0.2, -0.15) is 0 Å². The van der Waals surface area contributed by atoms with Gasteiger partial charge in [0.1, 0.15) is 11.6 Å². The maximum absolute atomic E-state index is 13.1. The van der Waals surface area contributed by atoms with Gasteiger partial charge in [-0.25, -0.2) is 17.7 Å². The highest BCUT2D eigenvalue weighted by Gasteiger charge is 2.27. The molecule has 0 spiro atoms. The number of aryl methyl sites for hydroxylation is 2. The SMILES string of the molecule is COc1cc(C)c(S(=O)(=O)N(C)CCC(=O)NC2CCN(c3ncc(CN)cc3Cl)CC2)c(C)c1. The Kier molecular flexibility index (Phi) is 8.98. The van der Waals surface area contributed by atoms with E-state index in [9.17, 15) is 13.2 Å². The van der Waals surface area contributed by atoms with Crippen LogP contribution in [0.15, 0.2) is 29.3 Å². The van der Waals surface area contributed by atoms with Gasteiger partial charge in [0.25, 0.3) is 0 Å². The van der Waals surface area contributed by atoms with Gasteiger partial charge in [-0.15, -0.1) is 0 Å². The number of hydrogen-bond acceptors (Lipinski definition) is 7. The number of nitrogens with zero attached hydrogens (tertiary/aromatic N) is 3. The van der Waals surface area contributed by atoms with Crippen molar-refractivity contribution in [3.63, 3.8) is 0 Å². The first-order chi connectivity index (χ1) is 16.6. The molecule has 0 aliphatic carbocycles. The van der Waals surface area contributed by atoms with Crippen LogP contribution in [-0.2, 0) is 21.4 Å². The van der Waals surface area contributed by atoms with Crippen molar-refractivity contribution in [3.05, 3.63) is 46.1 Å². The number of hydrogen-bond donors (Lipinski definition) is 2. The zero-order chi connectivity index (χ0) is 25.8. The van der Waals surface area contributed by atoms with Crippen molar-refractivity contribution in [2.75, 3.05) is 38.7 Å². The Balaban J connectivity index is 1.52. The van der Waals surface area contributed by atoms with Gasteiger partial charge in [0.05, 0.1) is 17.0 Å². The Morgan fingerprint density at radius 1 is 1.26 bits per heavy atom. The van der Waals surface area contributed by atoms with E-state index in [4.69, 9.17) is 22.1 Å². The number of piperidine rings is 1. The van der Waals surface area contributed by atoms with Crippen LogP contribution in [0.3, 0.4) is 0 Å². The third-order valence-electron chi connectivity index (χ3n) is 6.27. The Bertz CT molecular complexity index is 1140. The molecule has 11 heteroatoms. The minimum atomic E-state index is -3.74. The smallest absolute Gasteiger partial charge is 0.243 e. The van der Waals surface area contributed by atoms with Crippen LogP contribution in [0.4, 0.5) is 5.82 Å². The number of methoxy groups -OCH3 is 1. The van der Waals surface area contributed by atoms with E-state index in [1.165, 1.54) is 11.4 Å². The molecule has 0 atom stereocenters. The van der Waals surface area contributed by atoms with Crippen LogP contribution in [0.5, 0.6) is 5.75 Å². The van der Waals surface area contributed by atoms with Gasteiger partial charge < -0.3 is 20.7 Å². The third-order valence-corrected chi connectivity index (χ3v) is 8.71. The van der Waals surface area contributed by atoms with Crippen molar-refractivity contribution in [3.8, 4) is 5.75 Å². The highest BCUT2D eigenvalue weighted by Crippen LogP contribution is 2.28. The summed E-state index contributed by atoms with van der Waals surface area (Å²) >= 11 is 6.36. The molecule has 0 bridgehead atoms. The van der Waals surface area contributed by atoms with Gasteiger partial charge in [0, 0.05) is 51.9 Å². The van der Waals surface area contributed by atoms with Crippen molar-refractivity contribution in [1.82, 2.24) is 14.6 Å². The first-order valence-corrected chi connectivity index (χ1v) is 13.4. The lowest BCUT2D eigenvalue weighted by Crippen LogP contribution is -2.45. The van der Waals surface area contributed by atoms with Crippen LogP contribution in [-0.4, -0.2) is 63.4 Å². The van der Waals surface area contributed by atoms with Crippen molar-refractivity contribution in [2.45, 2.75) is 50.6 Å². The Hall–Kier alpha value is -2.40. The molecule has 1 amide bonds. The molecule has 1 saturated heterocycles. The van der Waals surface area contributed by atoms with Gasteiger partial charge >= 0.3 is 0 Å². The molecule has 0 unspecified atom stereocenters. The number of rotatable bonds is 9. The van der Waals surface area contributed by atoms with E-state index < -0.39 is 10.0 Å². The number of carbonyl (C=O) groups excluding carboxylic acids is 1. The predicted molar refractivity (Wildman–Crippen MR) is 137 cm³/mol. The molecule has 2 aromatic rings. The topological polar surface area (TPSA) is 118 Å². The molecule has 0 radical (unpaired) electrons. The lowest BCUT2D eigenvalue weighted by Gasteiger charge is -2.33. The molecular weight excluding hydrogens is 490 g/mol. The predicted octanol–water partition coefficient (Wildman–Crippen LogP) is 2.61. The number of pyridine rings is 1. The van der Waals surface area contributed by atoms with E-state index in [0.29, 0.717) is 41.5 Å². The van der Waals surface area contributed by atoms with E-state index in [1.54, 1.807) is 39.3 Å². The fraction of sp³-hybridized carbons (Fsp3) is 0.500. The molecule has 9 nitrogen and oxygen atoms in total. The first-order valence-electron chi connectivity index (χ1n) is 11.6. The number of amides is 1. The van der Waals surface area contributed by atoms with E-state index in [-0.39, 0.29) is 29.8 Å². The van der Waals surface area contributed by atoms with Gasteiger partial charge in [0.15, 0.2) is 0 Å². The van der Waals surface area contributed by atoms with Gasteiger partial charge in [0.2, 0.25) is 15.9 Å². The molecule has 1 aromatic heterocycles.